The molecule has 0 fully saturated rings. The maximum Gasteiger partial charge on any atom is 0.360 e. The lowest BCUT2D eigenvalue weighted by Gasteiger charge is -2.06. The molecule has 0 spiro atoms. The molecule has 1 rings (SSSR count). The Bertz CT molecular complexity index is 397. The average molecular weight is 240 g/mol. The van der Waals surface area contributed by atoms with Crippen LogP contribution in [0.15, 0.2) is 0 Å². The van der Waals surface area contributed by atoms with Crippen LogP contribution < -0.4 is 0 Å². The van der Waals surface area contributed by atoms with Crippen LogP contribution in [0.2, 0.25) is 0 Å². The van der Waals surface area contributed by atoms with E-state index in [0.29, 0.717) is 17.9 Å². The first-order valence-corrected chi connectivity index (χ1v) is 6.00. The molecule has 0 saturated carbocycles. The van der Waals surface area contributed by atoms with Gasteiger partial charge in [0.1, 0.15) is 5.82 Å². The Labute approximate surface area is 101 Å². The minimum absolute atomic E-state index is 0.0680. The number of hydrogen-bond acceptors (Lipinski definition) is 4. The highest BCUT2D eigenvalue weighted by Crippen LogP contribution is 2.21. The van der Waals surface area contributed by atoms with Crippen LogP contribution in [0.3, 0.4) is 0 Å². The second kappa shape index (κ2) is 5.70. The third kappa shape index (κ3) is 2.78. The molecule has 0 radical (unpaired) electrons. The summed E-state index contributed by atoms with van der Waals surface area (Å²) in [6, 6.07) is 0. The molecule has 0 aliphatic carbocycles. The van der Waals surface area contributed by atoms with Crippen LogP contribution in [0, 0.1) is 0 Å². The third-order valence-electron chi connectivity index (χ3n) is 2.44. The van der Waals surface area contributed by atoms with Crippen molar-refractivity contribution in [2.24, 2.45) is 0 Å². The highest BCUT2D eigenvalue weighted by Gasteiger charge is 2.25. The molecule has 5 nitrogen and oxygen atoms in total. The number of imidazole rings is 1. The van der Waals surface area contributed by atoms with E-state index in [0.717, 1.165) is 11.2 Å². The van der Waals surface area contributed by atoms with Gasteiger partial charge in [0.15, 0.2) is 5.69 Å². The average Bonchev–Trinajstić information content (AvgIpc) is 2.57. The standard InChI is InChI=1S/C12H20N2O3/c1-5-7-9-13-10(8(3)4)11(14(9)16)12(15)17-6-2/h8,16H,5-7H2,1-4H3. The molecule has 0 bridgehead atoms. The van der Waals surface area contributed by atoms with E-state index in [1.807, 2.05) is 20.8 Å². The van der Waals surface area contributed by atoms with Gasteiger partial charge in [-0.2, -0.15) is 4.73 Å². The molecular formula is C12H20N2O3. The smallest absolute Gasteiger partial charge is 0.360 e. The predicted molar refractivity (Wildman–Crippen MR) is 63.5 cm³/mol. The molecule has 96 valence electrons. The number of rotatable bonds is 5. The van der Waals surface area contributed by atoms with E-state index in [-0.39, 0.29) is 18.2 Å². The Morgan fingerprint density at radius 2 is 2.12 bits per heavy atom. The molecule has 0 aliphatic rings. The fraction of sp³-hybridized carbons (Fsp3) is 0.667. The molecule has 0 amide bonds. The van der Waals surface area contributed by atoms with E-state index < -0.39 is 5.97 Å². The summed E-state index contributed by atoms with van der Waals surface area (Å²) in [4.78, 5) is 16.1. The molecule has 0 aromatic carbocycles. The van der Waals surface area contributed by atoms with Gasteiger partial charge < -0.3 is 9.94 Å². The molecule has 1 heterocycles. The van der Waals surface area contributed by atoms with Gasteiger partial charge >= 0.3 is 5.97 Å². The van der Waals surface area contributed by atoms with Crippen LogP contribution in [0.5, 0.6) is 0 Å². The summed E-state index contributed by atoms with van der Waals surface area (Å²) in [5.74, 6) is 0.0613. The van der Waals surface area contributed by atoms with Crippen molar-refractivity contribution in [1.29, 1.82) is 0 Å². The molecule has 0 aliphatic heterocycles. The summed E-state index contributed by atoms with van der Waals surface area (Å²) in [5, 5.41) is 9.94. The van der Waals surface area contributed by atoms with Crippen molar-refractivity contribution in [1.82, 2.24) is 9.71 Å². The van der Waals surface area contributed by atoms with Gasteiger partial charge in [0.05, 0.1) is 12.3 Å². The molecule has 17 heavy (non-hydrogen) atoms. The molecule has 5 heteroatoms. The quantitative estimate of drug-likeness (QED) is 0.634. The van der Waals surface area contributed by atoms with Crippen molar-refractivity contribution in [3.8, 4) is 0 Å². The molecule has 0 unspecified atom stereocenters. The Hall–Kier alpha value is -1.52. The van der Waals surface area contributed by atoms with Crippen molar-refractivity contribution < 1.29 is 14.7 Å². The van der Waals surface area contributed by atoms with Gasteiger partial charge in [-0.3, -0.25) is 0 Å². The summed E-state index contributed by atoms with van der Waals surface area (Å²) < 4.78 is 5.80. The zero-order valence-corrected chi connectivity index (χ0v) is 10.9. The SMILES string of the molecule is CCCc1nc(C(C)C)c(C(=O)OCC)n1O. The lowest BCUT2D eigenvalue weighted by molar-refractivity contribution is 0.0469. The highest BCUT2D eigenvalue weighted by atomic mass is 16.5. The van der Waals surface area contributed by atoms with Crippen molar-refractivity contribution in [3.63, 3.8) is 0 Å². The van der Waals surface area contributed by atoms with E-state index >= 15 is 0 Å². The fourth-order valence-electron chi connectivity index (χ4n) is 1.66. The number of hydrogen-bond donors (Lipinski definition) is 1. The van der Waals surface area contributed by atoms with E-state index in [9.17, 15) is 10.0 Å². The monoisotopic (exact) mass is 240 g/mol. The van der Waals surface area contributed by atoms with Crippen LogP contribution in [-0.2, 0) is 11.2 Å². The summed E-state index contributed by atoms with van der Waals surface area (Å²) in [6.07, 6.45) is 1.49. The van der Waals surface area contributed by atoms with Crippen molar-refractivity contribution in [2.45, 2.75) is 46.5 Å². The van der Waals surface area contributed by atoms with Crippen LogP contribution in [0.4, 0.5) is 0 Å². The van der Waals surface area contributed by atoms with Gasteiger partial charge in [-0.05, 0) is 19.3 Å². The van der Waals surface area contributed by atoms with Crippen LogP contribution in [0.25, 0.3) is 0 Å². The fourth-order valence-corrected chi connectivity index (χ4v) is 1.66. The zero-order chi connectivity index (χ0) is 13.0. The molecule has 1 aromatic rings. The second-order valence-corrected chi connectivity index (χ2v) is 4.20. The number of carbonyl (C=O) groups is 1. The number of nitrogens with zero attached hydrogens (tertiary/aromatic N) is 2. The Morgan fingerprint density at radius 3 is 2.59 bits per heavy atom. The molecule has 1 aromatic heterocycles. The first-order valence-electron chi connectivity index (χ1n) is 6.00. The Morgan fingerprint density at radius 1 is 1.47 bits per heavy atom. The lowest BCUT2D eigenvalue weighted by atomic mass is 10.1. The van der Waals surface area contributed by atoms with Gasteiger partial charge in [0.25, 0.3) is 0 Å². The second-order valence-electron chi connectivity index (χ2n) is 4.20. The summed E-state index contributed by atoms with van der Waals surface area (Å²) >= 11 is 0. The van der Waals surface area contributed by atoms with Gasteiger partial charge in [0.2, 0.25) is 0 Å². The van der Waals surface area contributed by atoms with Gasteiger partial charge in [-0.15, -0.1) is 0 Å². The molecule has 0 atom stereocenters. The Balaban J connectivity index is 3.19. The molecule has 0 saturated heterocycles. The number of aryl methyl sites for hydroxylation is 1. The van der Waals surface area contributed by atoms with Gasteiger partial charge in [-0.1, -0.05) is 20.8 Å². The van der Waals surface area contributed by atoms with E-state index in [1.165, 1.54) is 0 Å². The van der Waals surface area contributed by atoms with Crippen molar-refractivity contribution in [3.05, 3.63) is 17.2 Å². The highest BCUT2D eigenvalue weighted by molar-refractivity contribution is 5.89. The Kier molecular flexibility index (Phi) is 4.54. The number of ether oxygens (including phenoxy) is 1. The minimum Gasteiger partial charge on any atom is -0.461 e. The maximum absolute atomic E-state index is 11.8. The van der Waals surface area contributed by atoms with Crippen LogP contribution >= 0.6 is 0 Å². The summed E-state index contributed by atoms with van der Waals surface area (Å²) in [5.41, 5.74) is 0.750. The first kappa shape index (κ1) is 13.5. The predicted octanol–water partition coefficient (Wildman–Crippen LogP) is 2.37. The number of aromatic nitrogens is 2. The number of carbonyl (C=O) groups excluding carboxylic acids is 1. The van der Waals surface area contributed by atoms with Crippen molar-refractivity contribution >= 4 is 5.97 Å². The number of esters is 1. The molecule has 1 N–H and O–H groups in total. The summed E-state index contributed by atoms with van der Waals surface area (Å²) in [7, 11) is 0. The topological polar surface area (TPSA) is 64.3 Å². The summed E-state index contributed by atoms with van der Waals surface area (Å²) in [6.45, 7) is 7.87. The van der Waals surface area contributed by atoms with E-state index in [1.54, 1.807) is 6.92 Å². The van der Waals surface area contributed by atoms with Crippen LogP contribution in [0.1, 0.15) is 62.0 Å². The van der Waals surface area contributed by atoms with Gasteiger partial charge in [0, 0.05) is 6.42 Å². The largest absolute Gasteiger partial charge is 0.461 e. The first-order chi connectivity index (χ1) is 8.02. The normalized spacial score (nSPS) is 10.9. The lowest BCUT2D eigenvalue weighted by Crippen LogP contribution is -2.14. The van der Waals surface area contributed by atoms with E-state index in [2.05, 4.69) is 4.98 Å². The van der Waals surface area contributed by atoms with E-state index in [4.69, 9.17) is 4.74 Å². The van der Waals surface area contributed by atoms with Crippen LogP contribution in [-0.4, -0.2) is 27.5 Å². The van der Waals surface area contributed by atoms with Crippen molar-refractivity contribution in [2.75, 3.05) is 6.61 Å². The maximum atomic E-state index is 11.8. The molecular weight excluding hydrogens is 220 g/mol. The van der Waals surface area contributed by atoms with Gasteiger partial charge in [-0.25, -0.2) is 9.78 Å². The zero-order valence-electron chi connectivity index (χ0n) is 10.9. The third-order valence-corrected chi connectivity index (χ3v) is 2.44. The minimum atomic E-state index is -0.520.